The lowest BCUT2D eigenvalue weighted by atomic mass is 10.1. The van der Waals surface area contributed by atoms with Crippen LogP contribution >= 0.6 is 12.6 Å². The summed E-state index contributed by atoms with van der Waals surface area (Å²) in [7, 11) is 0. The topological polar surface area (TPSA) is 128 Å². The molecule has 4 atom stereocenters. The van der Waals surface area contributed by atoms with Crippen molar-refractivity contribution in [2.45, 2.75) is 38.4 Å². The third-order valence-electron chi connectivity index (χ3n) is 3.85. The van der Waals surface area contributed by atoms with E-state index in [1.807, 2.05) is 6.92 Å². The largest absolute Gasteiger partial charge is 0.387 e. The number of anilines is 1. The lowest BCUT2D eigenvalue weighted by Gasteiger charge is -2.22. The number of hydrogen-bond acceptors (Lipinski definition) is 8. The molecule has 1 aliphatic rings. The van der Waals surface area contributed by atoms with E-state index in [0.717, 1.165) is 0 Å². The SMILES string of the molecule is CCO[C@@H]1[C@H](O)[C@@H](CS)O[C@H]1n1c(C)nc2c(=O)[nH]c(N)nc21. The Hall–Kier alpha value is -1.62. The molecular weight excluding hydrogens is 322 g/mol. The Kier molecular flexibility index (Phi) is 4.32. The molecule has 1 fully saturated rings. The van der Waals surface area contributed by atoms with Gasteiger partial charge in [-0.1, -0.05) is 0 Å². The number of nitrogens with two attached hydrogens (primary N) is 1. The smallest absolute Gasteiger partial charge is 0.280 e. The summed E-state index contributed by atoms with van der Waals surface area (Å²) < 4.78 is 13.2. The van der Waals surface area contributed by atoms with Gasteiger partial charge in [0.25, 0.3) is 5.56 Å². The van der Waals surface area contributed by atoms with Crippen molar-refractivity contribution in [1.82, 2.24) is 19.5 Å². The molecule has 1 saturated heterocycles. The van der Waals surface area contributed by atoms with E-state index in [1.165, 1.54) is 0 Å². The van der Waals surface area contributed by atoms with Crippen LogP contribution in [0.15, 0.2) is 4.79 Å². The number of nitrogen functional groups attached to an aromatic ring is 1. The second-order valence-corrected chi connectivity index (χ2v) is 5.68. The van der Waals surface area contributed by atoms with E-state index >= 15 is 0 Å². The van der Waals surface area contributed by atoms with Crippen molar-refractivity contribution in [2.75, 3.05) is 18.1 Å². The number of aryl methyl sites for hydroxylation is 1. The highest BCUT2D eigenvalue weighted by Gasteiger charge is 2.46. The molecule has 0 bridgehead atoms. The number of H-pyrrole nitrogens is 1. The summed E-state index contributed by atoms with van der Waals surface area (Å²) in [6, 6.07) is 0. The molecule has 0 aromatic carbocycles. The summed E-state index contributed by atoms with van der Waals surface area (Å²) in [5, 5.41) is 10.4. The van der Waals surface area contributed by atoms with E-state index in [9.17, 15) is 9.90 Å². The Bertz CT molecular complexity index is 776. The van der Waals surface area contributed by atoms with Gasteiger partial charge >= 0.3 is 0 Å². The number of nitrogens with zero attached hydrogens (tertiary/aromatic N) is 3. The van der Waals surface area contributed by atoms with Crippen LogP contribution in [0.2, 0.25) is 0 Å². The van der Waals surface area contributed by atoms with Crippen LogP contribution in [0.1, 0.15) is 19.0 Å². The Morgan fingerprint density at radius 2 is 2.26 bits per heavy atom. The van der Waals surface area contributed by atoms with E-state index in [1.54, 1.807) is 11.5 Å². The predicted molar refractivity (Wildman–Crippen MR) is 86.5 cm³/mol. The number of aromatic amines is 1. The zero-order chi connectivity index (χ0) is 16.7. The summed E-state index contributed by atoms with van der Waals surface area (Å²) in [5.41, 5.74) is 5.67. The van der Waals surface area contributed by atoms with Gasteiger partial charge in [0.15, 0.2) is 17.4 Å². The minimum absolute atomic E-state index is 0.0131. The van der Waals surface area contributed by atoms with E-state index in [4.69, 9.17) is 15.2 Å². The summed E-state index contributed by atoms with van der Waals surface area (Å²) in [5.74, 6) is 0.842. The molecule has 0 unspecified atom stereocenters. The highest BCUT2D eigenvalue weighted by molar-refractivity contribution is 7.80. The van der Waals surface area contributed by atoms with Gasteiger partial charge in [-0.05, 0) is 13.8 Å². The Morgan fingerprint density at radius 1 is 1.52 bits per heavy atom. The van der Waals surface area contributed by atoms with Crippen molar-refractivity contribution in [2.24, 2.45) is 0 Å². The quantitative estimate of drug-likeness (QED) is 0.557. The number of hydrogen-bond donors (Lipinski definition) is 4. The second kappa shape index (κ2) is 6.11. The Balaban J connectivity index is 2.15. The molecule has 23 heavy (non-hydrogen) atoms. The van der Waals surface area contributed by atoms with Crippen LogP contribution < -0.4 is 11.3 Å². The molecule has 0 saturated carbocycles. The van der Waals surface area contributed by atoms with E-state index < -0.39 is 30.1 Å². The Labute approximate surface area is 137 Å². The van der Waals surface area contributed by atoms with Gasteiger partial charge in [0, 0.05) is 12.4 Å². The summed E-state index contributed by atoms with van der Waals surface area (Å²) in [4.78, 5) is 22.8. The molecular formula is C13H19N5O4S. The molecule has 2 aromatic rings. The first-order chi connectivity index (χ1) is 11.0. The van der Waals surface area contributed by atoms with Gasteiger partial charge < -0.3 is 20.3 Å². The summed E-state index contributed by atoms with van der Waals surface area (Å²) in [6.07, 6.45) is -2.61. The van der Waals surface area contributed by atoms with Crippen LogP contribution in [0.3, 0.4) is 0 Å². The van der Waals surface area contributed by atoms with Gasteiger partial charge in [-0.15, -0.1) is 0 Å². The number of nitrogens with one attached hydrogen (secondary N) is 1. The summed E-state index contributed by atoms with van der Waals surface area (Å²) in [6.45, 7) is 3.96. The highest BCUT2D eigenvalue weighted by Crippen LogP contribution is 2.34. The molecule has 0 radical (unpaired) electrons. The number of thiol groups is 1. The first-order valence-electron chi connectivity index (χ1n) is 7.28. The second-order valence-electron chi connectivity index (χ2n) is 5.31. The van der Waals surface area contributed by atoms with Crippen LogP contribution in [0, 0.1) is 6.92 Å². The number of aliphatic hydroxyl groups is 1. The average molecular weight is 341 g/mol. The molecule has 10 heteroatoms. The van der Waals surface area contributed by atoms with E-state index in [2.05, 4.69) is 27.6 Å². The molecule has 2 aromatic heterocycles. The van der Waals surface area contributed by atoms with Crippen LogP contribution in [0.25, 0.3) is 11.2 Å². The first kappa shape index (κ1) is 16.2. The zero-order valence-corrected chi connectivity index (χ0v) is 13.7. The van der Waals surface area contributed by atoms with Gasteiger partial charge in [0.05, 0.1) is 6.10 Å². The van der Waals surface area contributed by atoms with Crippen molar-refractivity contribution in [3.05, 3.63) is 16.2 Å². The number of rotatable bonds is 4. The third-order valence-corrected chi connectivity index (χ3v) is 4.21. The fourth-order valence-corrected chi connectivity index (χ4v) is 3.17. The normalized spacial score (nSPS) is 27.8. The zero-order valence-electron chi connectivity index (χ0n) is 12.8. The molecule has 0 aliphatic carbocycles. The molecule has 4 N–H and O–H groups in total. The number of ether oxygens (including phenoxy) is 2. The van der Waals surface area contributed by atoms with E-state index in [-0.39, 0.29) is 11.5 Å². The molecule has 0 spiro atoms. The lowest BCUT2D eigenvalue weighted by molar-refractivity contribution is -0.0627. The van der Waals surface area contributed by atoms with Gasteiger partial charge in [-0.3, -0.25) is 14.3 Å². The average Bonchev–Trinajstić information content (AvgIpc) is 2.98. The molecule has 9 nitrogen and oxygen atoms in total. The van der Waals surface area contributed by atoms with Crippen molar-refractivity contribution in [1.29, 1.82) is 0 Å². The van der Waals surface area contributed by atoms with Crippen LogP contribution in [-0.4, -0.2) is 55.3 Å². The monoisotopic (exact) mass is 341 g/mol. The molecule has 3 heterocycles. The standard InChI is InChI=1S/C13H19N5O4S/c1-3-21-9-8(19)6(4-23)22-12(9)18-5(2)15-7-10(18)16-13(14)17-11(7)20/h6,8-9,12,19,23H,3-4H2,1-2H3,(H3,14,16,17,20)/t6-,8-,9-,12-/m1/s1. The number of aromatic nitrogens is 4. The fraction of sp³-hybridized carbons (Fsp3) is 0.615. The molecule has 1 aliphatic heterocycles. The predicted octanol–water partition coefficient (Wildman–Crippen LogP) is -0.397. The maximum atomic E-state index is 12.0. The minimum Gasteiger partial charge on any atom is -0.387 e. The maximum Gasteiger partial charge on any atom is 0.280 e. The number of aliphatic hydroxyl groups excluding tert-OH is 1. The van der Waals surface area contributed by atoms with Crippen LogP contribution in [-0.2, 0) is 9.47 Å². The van der Waals surface area contributed by atoms with Gasteiger partial charge in [0.2, 0.25) is 5.95 Å². The van der Waals surface area contributed by atoms with Crippen molar-refractivity contribution in [3.8, 4) is 0 Å². The van der Waals surface area contributed by atoms with Gasteiger partial charge in [0.1, 0.15) is 18.0 Å². The van der Waals surface area contributed by atoms with Crippen molar-refractivity contribution >= 4 is 29.7 Å². The lowest BCUT2D eigenvalue weighted by Crippen LogP contribution is -2.35. The van der Waals surface area contributed by atoms with Gasteiger partial charge in [-0.25, -0.2) is 4.98 Å². The molecule has 3 rings (SSSR count). The molecule has 0 amide bonds. The number of imidazole rings is 1. The maximum absolute atomic E-state index is 12.0. The van der Waals surface area contributed by atoms with Crippen molar-refractivity contribution < 1.29 is 14.6 Å². The fourth-order valence-electron chi connectivity index (χ4n) is 2.86. The van der Waals surface area contributed by atoms with E-state index in [0.29, 0.717) is 23.8 Å². The van der Waals surface area contributed by atoms with Crippen LogP contribution in [0.5, 0.6) is 0 Å². The third kappa shape index (κ3) is 2.61. The molecule has 126 valence electrons. The summed E-state index contributed by atoms with van der Waals surface area (Å²) >= 11 is 4.20. The van der Waals surface area contributed by atoms with Crippen molar-refractivity contribution in [3.63, 3.8) is 0 Å². The highest BCUT2D eigenvalue weighted by atomic mass is 32.1. The number of fused-ring (bicyclic) bond motifs is 1. The minimum atomic E-state index is -0.839. The van der Waals surface area contributed by atoms with Gasteiger partial charge in [-0.2, -0.15) is 17.6 Å². The van der Waals surface area contributed by atoms with Crippen LogP contribution in [0.4, 0.5) is 5.95 Å². The first-order valence-corrected chi connectivity index (χ1v) is 7.91. The Morgan fingerprint density at radius 3 is 2.91 bits per heavy atom.